The van der Waals surface area contributed by atoms with Gasteiger partial charge < -0.3 is 9.88 Å². The largest absolute Gasteiger partial charge is 0.367 e. The molecule has 0 radical (unpaired) electrons. The summed E-state index contributed by atoms with van der Waals surface area (Å²) in [5, 5.41) is 3.43. The zero-order chi connectivity index (χ0) is 20.8. The molecule has 1 atom stereocenters. The van der Waals surface area contributed by atoms with E-state index in [0.29, 0.717) is 24.4 Å². The van der Waals surface area contributed by atoms with E-state index < -0.39 is 10.0 Å². The first-order chi connectivity index (χ1) is 13.6. The second-order valence-corrected chi connectivity index (χ2v) is 11.0. The minimum atomic E-state index is -3.14. The van der Waals surface area contributed by atoms with E-state index in [1.54, 1.807) is 6.20 Å². The number of sulfonamides is 1. The molecule has 4 rings (SSSR count). The maximum atomic E-state index is 12.7. The van der Waals surface area contributed by atoms with Gasteiger partial charge in [0.1, 0.15) is 11.3 Å². The number of hydrogen-bond donors (Lipinski definition) is 1. The molecule has 2 fully saturated rings. The summed E-state index contributed by atoms with van der Waals surface area (Å²) in [4.78, 5) is 21.5. The Morgan fingerprint density at radius 2 is 1.86 bits per heavy atom. The predicted octanol–water partition coefficient (Wildman–Crippen LogP) is 2.38. The summed E-state index contributed by atoms with van der Waals surface area (Å²) in [6.45, 7) is 5.46. The molecule has 0 spiro atoms. The molecule has 1 saturated heterocycles. The van der Waals surface area contributed by atoms with E-state index in [0.717, 1.165) is 37.6 Å². The number of fused-ring (bicyclic) bond motifs is 1. The number of nitrogens with zero attached hydrogens (tertiary/aromatic N) is 4. The van der Waals surface area contributed by atoms with Crippen LogP contribution in [0.25, 0.3) is 11.0 Å². The van der Waals surface area contributed by atoms with Gasteiger partial charge in [0.15, 0.2) is 0 Å². The third kappa shape index (κ3) is 4.02. The van der Waals surface area contributed by atoms with Gasteiger partial charge in [0, 0.05) is 31.2 Å². The Hall–Kier alpha value is -2.00. The monoisotopic (exact) mass is 419 g/mol. The molecule has 1 aliphatic carbocycles. The van der Waals surface area contributed by atoms with Crippen LogP contribution in [0.4, 0.5) is 5.82 Å². The van der Waals surface area contributed by atoms with Crippen molar-refractivity contribution in [2.24, 2.45) is 5.41 Å². The van der Waals surface area contributed by atoms with Crippen molar-refractivity contribution in [1.29, 1.82) is 0 Å². The molecule has 0 aromatic carbocycles. The zero-order valence-electron chi connectivity index (χ0n) is 17.3. The van der Waals surface area contributed by atoms with Gasteiger partial charge in [0.25, 0.3) is 5.56 Å². The first-order valence-electron chi connectivity index (χ1n) is 10.2. The molecule has 9 heteroatoms. The van der Waals surface area contributed by atoms with Crippen molar-refractivity contribution in [2.75, 3.05) is 24.7 Å². The van der Waals surface area contributed by atoms with Crippen LogP contribution in [0.2, 0.25) is 0 Å². The Morgan fingerprint density at radius 3 is 2.48 bits per heavy atom. The fourth-order valence-corrected chi connectivity index (χ4v) is 5.64. The summed E-state index contributed by atoms with van der Waals surface area (Å²) in [5.41, 5.74) is 1.51. The molecule has 1 saturated carbocycles. The molecule has 158 valence electrons. The van der Waals surface area contributed by atoms with Gasteiger partial charge >= 0.3 is 0 Å². The lowest BCUT2D eigenvalue weighted by atomic mass is 9.87. The maximum absolute atomic E-state index is 12.7. The molecule has 8 nitrogen and oxygen atoms in total. The van der Waals surface area contributed by atoms with Gasteiger partial charge in [-0.15, -0.1) is 0 Å². The van der Waals surface area contributed by atoms with Gasteiger partial charge in [-0.1, -0.05) is 20.3 Å². The molecular weight excluding hydrogens is 390 g/mol. The second-order valence-electron chi connectivity index (χ2n) is 9.00. The Morgan fingerprint density at radius 1 is 1.14 bits per heavy atom. The van der Waals surface area contributed by atoms with Gasteiger partial charge in [0.2, 0.25) is 10.0 Å². The van der Waals surface area contributed by atoms with Crippen LogP contribution in [0, 0.1) is 5.41 Å². The van der Waals surface area contributed by atoms with E-state index in [9.17, 15) is 13.2 Å². The predicted molar refractivity (Wildman–Crippen MR) is 114 cm³/mol. The summed E-state index contributed by atoms with van der Waals surface area (Å²) in [5.74, 6) is 0.701. The van der Waals surface area contributed by atoms with Gasteiger partial charge in [-0.3, -0.25) is 4.79 Å². The molecule has 0 unspecified atom stereocenters. The van der Waals surface area contributed by atoms with E-state index in [-0.39, 0.29) is 23.1 Å². The average molecular weight is 420 g/mol. The topological polar surface area (TPSA) is 97.2 Å². The van der Waals surface area contributed by atoms with Crippen molar-refractivity contribution in [3.8, 4) is 0 Å². The molecule has 0 bridgehead atoms. The minimum absolute atomic E-state index is 0.0629. The average Bonchev–Trinajstić information content (AvgIpc) is 3.00. The van der Waals surface area contributed by atoms with E-state index in [1.807, 2.05) is 10.6 Å². The number of rotatable bonds is 4. The van der Waals surface area contributed by atoms with Crippen LogP contribution in [0.5, 0.6) is 0 Å². The van der Waals surface area contributed by atoms with Crippen LogP contribution in [0.15, 0.2) is 23.3 Å². The van der Waals surface area contributed by atoms with Crippen LogP contribution in [-0.4, -0.2) is 52.6 Å². The highest BCUT2D eigenvalue weighted by Gasteiger charge is 2.37. The minimum Gasteiger partial charge on any atom is -0.367 e. The zero-order valence-corrected chi connectivity index (χ0v) is 18.1. The van der Waals surface area contributed by atoms with Gasteiger partial charge in [-0.05, 0) is 31.1 Å². The Bertz CT molecular complexity index is 1070. The number of pyridine rings is 1. The first kappa shape index (κ1) is 20.3. The number of aromatic nitrogens is 3. The molecule has 1 N–H and O–H groups in total. The van der Waals surface area contributed by atoms with Crippen LogP contribution >= 0.6 is 0 Å². The quantitative estimate of drug-likeness (QED) is 0.817. The van der Waals surface area contributed by atoms with Gasteiger partial charge in [0.05, 0.1) is 24.2 Å². The van der Waals surface area contributed by atoms with Crippen molar-refractivity contribution < 1.29 is 8.42 Å². The van der Waals surface area contributed by atoms with Gasteiger partial charge in [-0.25, -0.2) is 22.7 Å². The SMILES string of the molecule is CC1(C)CCC[C@H]1n1c(=O)cnc2cnc(NC3CCN(S(C)(=O)=O)CC3)cc21. The van der Waals surface area contributed by atoms with Crippen molar-refractivity contribution >= 4 is 26.9 Å². The summed E-state index contributed by atoms with van der Waals surface area (Å²) in [6, 6.07) is 2.22. The van der Waals surface area contributed by atoms with Crippen LogP contribution in [-0.2, 0) is 10.0 Å². The lowest BCUT2D eigenvalue weighted by Crippen LogP contribution is -2.41. The van der Waals surface area contributed by atoms with Gasteiger partial charge in [-0.2, -0.15) is 0 Å². The number of piperidine rings is 1. The molecule has 29 heavy (non-hydrogen) atoms. The second kappa shape index (κ2) is 7.36. The van der Waals surface area contributed by atoms with E-state index in [4.69, 9.17) is 0 Å². The maximum Gasteiger partial charge on any atom is 0.269 e. The molecular formula is C20H29N5O3S. The summed E-state index contributed by atoms with van der Waals surface area (Å²) in [6.07, 6.45) is 9.01. The van der Waals surface area contributed by atoms with Crippen molar-refractivity contribution in [3.05, 3.63) is 28.8 Å². The Kier molecular flexibility index (Phi) is 5.14. The molecule has 3 heterocycles. The lowest BCUT2D eigenvalue weighted by Gasteiger charge is -2.31. The Labute approximate surface area is 171 Å². The first-order valence-corrected chi connectivity index (χ1v) is 12.1. The molecule has 2 aromatic heterocycles. The van der Waals surface area contributed by atoms with E-state index in [1.165, 1.54) is 16.8 Å². The smallest absolute Gasteiger partial charge is 0.269 e. The Balaban J connectivity index is 1.61. The molecule has 0 amide bonds. The number of hydrogen-bond acceptors (Lipinski definition) is 6. The van der Waals surface area contributed by atoms with Crippen LogP contribution in [0.3, 0.4) is 0 Å². The summed E-state index contributed by atoms with van der Waals surface area (Å²) >= 11 is 0. The highest BCUT2D eigenvalue weighted by Crippen LogP contribution is 2.46. The summed E-state index contributed by atoms with van der Waals surface area (Å²) < 4.78 is 26.8. The standard InChI is InChI=1S/C20H29N5O3S/c1-20(2)8-4-5-17(20)25-16-11-18(22-12-15(16)21-13-19(25)26)23-14-6-9-24(10-7-14)29(3,27)28/h11-14,17H,4-10H2,1-3H3,(H,22,23)/t17-/m1/s1. The van der Waals surface area contributed by atoms with E-state index in [2.05, 4.69) is 29.1 Å². The third-order valence-electron chi connectivity index (χ3n) is 6.46. The highest BCUT2D eigenvalue weighted by molar-refractivity contribution is 7.88. The fraction of sp³-hybridized carbons (Fsp3) is 0.650. The van der Waals surface area contributed by atoms with E-state index >= 15 is 0 Å². The summed E-state index contributed by atoms with van der Waals surface area (Å²) in [7, 11) is -3.14. The van der Waals surface area contributed by atoms with Crippen molar-refractivity contribution in [3.63, 3.8) is 0 Å². The van der Waals surface area contributed by atoms with Crippen molar-refractivity contribution in [2.45, 2.75) is 58.0 Å². The third-order valence-corrected chi connectivity index (χ3v) is 7.76. The fourth-order valence-electron chi connectivity index (χ4n) is 4.76. The number of anilines is 1. The lowest BCUT2D eigenvalue weighted by molar-refractivity contribution is 0.261. The highest BCUT2D eigenvalue weighted by atomic mass is 32.2. The normalized spacial score (nSPS) is 23.5. The van der Waals surface area contributed by atoms with Crippen molar-refractivity contribution in [1.82, 2.24) is 18.8 Å². The van der Waals surface area contributed by atoms with Crippen LogP contribution in [0.1, 0.15) is 52.0 Å². The molecule has 2 aliphatic rings. The molecule has 2 aromatic rings. The molecule has 1 aliphatic heterocycles. The number of nitrogens with one attached hydrogen (secondary N) is 1. The van der Waals surface area contributed by atoms with Crippen LogP contribution < -0.4 is 10.9 Å².